The molecule has 0 bridgehead atoms. The Balaban J connectivity index is 1.31. The second-order valence-corrected chi connectivity index (χ2v) is 11.8. The molecule has 1 amide bonds. The quantitative estimate of drug-likeness (QED) is 0.333. The van der Waals surface area contributed by atoms with E-state index in [1.54, 1.807) is 6.07 Å². The van der Waals surface area contributed by atoms with Crippen LogP contribution in [-0.4, -0.2) is 48.5 Å². The van der Waals surface area contributed by atoms with Crippen molar-refractivity contribution in [2.24, 2.45) is 11.3 Å². The van der Waals surface area contributed by atoms with Crippen LogP contribution in [0.3, 0.4) is 0 Å². The molecule has 38 heavy (non-hydrogen) atoms. The number of hydrogen-bond donors (Lipinski definition) is 2. The van der Waals surface area contributed by atoms with E-state index in [0.717, 1.165) is 55.1 Å². The first-order valence-electron chi connectivity index (χ1n) is 13.4. The zero-order valence-corrected chi connectivity index (χ0v) is 22.8. The summed E-state index contributed by atoms with van der Waals surface area (Å²) in [6, 6.07) is 11.6. The van der Waals surface area contributed by atoms with E-state index >= 15 is 0 Å². The molecule has 5 nitrogen and oxygen atoms in total. The number of hydrogen-bond acceptors (Lipinski definition) is 3. The van der Waals surface area contributed by atoms with Gasteiger partial charge in [-0.05, 0) is 66.1 Å². The minimum Gasteiger partial charge on any atom is -0.369 e. The number of halogens is 3. The molecular formula is C30H39F3N4O. The summed E-state index contributed by atoms with van der Waals surface area (Å²) < 4.78 is 39.3. The number of nitrogens with zero attached hydrogens (tertiary/aromatic N) is 2. The minimum atomic E-state index is -4.33. The maximum atomic E-state index is 13.1. The van der Waals surface area contributed by atoms with Crippen molar-refractivity contribution in [3.8, 4) is 0 Å². The van der Waals surface area contributed by atoms with Crippen molar-refractivity contribution in [3.63, 3.8) is 0 Å². The molecule has 0 aliphatic carbocycles. The Bertz CT molecular complexity index is 1240. The first-order valence-corrected chi connectivity index (χ1v) is 13.4. The van der Waals surface area contributed by atoms with E-state index in [9.17, 15) is 18.0 Å². The Labute approximate surface area is 223 Å². The normalized spacial score (nSPS) is 16.1. The summed E-state index contributed by atoms with van der Waals surface area (Å²) in [5.74, 6) is 0.354. The Kier molecular flexibility index (Phi) is 8.40. The van der Waals surface area contributed by atoms with Crippen molar-refractivity contribution in [2.45, 2.75) is 53.1 Å². The zero-order chi connectivity index (χ0) is 27.5. The molecule has 0 spiro atoms. The van der Waals surface area contributed by atoms with Gasteiger partial charge in [-0.3, -0.25) is 9.69 Å². The number of aromatic amines is 1. The fourth-order valence-corrected chi connectivity index (χ4v) is 5.50. The van der Waals surface area contributed by atoms with Gasteiger partial charge in [-0.1, -0.05) is 33.8 Å². The number of carbonyl (C=O) groups excluding carboxylic acids is 1. The lowest BCUT2D eigenvalue weighted by Crippen LogP contribution is -2.47. The molecule has 1 aliphatic heterocycles. The first kappa shape index (κ1) is 28.0. The van der Waals surface area contributed by atoms with Crippen LogP contribution in [0.15, 0.2) is 48.7 Å². The van der Waals surface area contributed by atoms with E-state index in [2.05, 4.69) is 42.9 Å². The van der Waals surface area contributed by atoms with Crippen molar-refractivity contribution < 1.29 is 18.0 Å². The lowest BCUT2D eigenvalue weighted by Gasteiger charge is -2.36. The Morgan fingerprint density at radius 2 is 1.79 bits per heavy atom. The molecular weight excluding hydrogens is 489 g/mol. The topological polar surface area (TPSA) is 51.4 Å². The smallest absolute Gasteiger partial charge is 0.369 e. The Hall–Kier alpha value is -3.00. The fraction of sp³-hybridized carbons (Fsp3) is 0.500. The SMILES string of the molecule is C[C@H](CC(=O)Nc1ccc2[nH]cc(CCN3CCN(c4cccc(C(F)(F)F)c4)CC3)c2c1)CC(C)(C)C. The second kappa shape index (κ2) is 11.4. The third kappa shape index (κ3) is 7.53. The number of benzene rings is 2. The molecule has 1 atom stereocenters. The molecule has 1 saturated heterocycles. The highest BCUT2D eigenvalue weighted by Crippen LogP contribution is 2.32. The maximum absolute atomic E-state index is 13.1. The van der Waals surface area contributed by atoms with Crippen molar-refractivity contribution in [1.29, 1.82) is 0 Å². The largest absolute Gasteiger partial charge is 0.416 e. The lowest BCUT2D eigenvalue weighted by molar-refractivity contribution is -0.137. The number of alkyl halides is 3. The van der Waals surface area contributed by atoms with Crippen LogP contribution in [0.5, 0.6) is 0 Å². The van der Waals surface area contributed by atoms with Gasteiger partial charge in [-0.15, -0.1) is 0 Å². The van der Waals surface area contributed by atoms with Crippen molar-refractivity contribution in [2.75, 3.05) is 42.9 Å². The van der Waals surface area contributed by atoms with E-state index < -0.39 is 11.7 Å². The van der Waals surface area contributed by atoms with Gasteiger partial charge in [0, 0.05) is 67.6 Å². The molecule has 8 heteroatoms. The number of aromatic nitrogens is 1. The van der Waals surface area contributed by atoms with Gasteiger partial charge in [0.05, 0.1) is 5.56 Å². The summed E-state index contributed by atoms with van der Waals surface area (Å²) in [5.41, 5.74) is 3.25. The maximum Gasteiger partial charge on any atom is 0.416 e. The zero-order valence-electron chi connectivity index (χ0n) is 22.8. The molecule has 2 N–H and O–H groups in total. The van der Waals surface area contributed by atoms with Gasteiger partial charge in [0.1, 0.15) is 0 Å². The molecule has 4 rings (SSSR count). The third-order valence-corrected chi connectivity index (χ3v) is 7.15. The Morgan fingerprint density at radius 3 is 2.47 bits per heavy atom. The standard InChI is InChI=1S/C30H39F3N4O/c1-21(19-29(2,3)4)16-28(38)35-24-8-9-27-26(18-24)22(20-34-27)10-11-36-12-14-37(15-13-36)25-7-5-6-23(17-25)30(31,32)33/h5-9,17-18,20-21,34H,10-16,19H2,1-4H3,(H,35,38)/t21-/m1/s1. The van der Waals surface area contributed by atoms with Crippen molar-refractivity contribution in [3.05, 3.63) is 59.8 Å². The molecule has 1 aromatic heterocycles. The summed E-state index contributed by atoms with van der Waals surface area (Å²) in [6.45, 7) is 12.6. The first-order chi connectivity index (χ1) is 17.9. The second-order valence-electron chi connectivity index (χ2n) is 11.8. The fourth-order valence-electron chi connectivity index (χ4n) is 5.50. The monoisotopic (exact) mass is 528 g/mol. The third-order valence-electron chi connectivity index (χ3n) is 7.15. The van der Waals surface area contributed by atoms with Crippen LogP contribution in [0.2, 0.25) is 0 Å². The average molecular weight is 529 g/mol. The van der Waals surface area contributed by atoms with Crippen LogP contribution < -0.4 is 10.2 Å². The molecule has 0 saturated carbocycles. The summed E-state index contributed by atoms with van der Waals surface area (Å²) in [4.78, 5) is 20.3. The van der Waals surface area contributed by atoms with Gasteiger partial charge in [0.2, 0.25) is 5.91 Å². The molecule has 2 aromatic carbocycles. The predicted molar refractivity (Wildman–Crippen MR) is 149 cm³/mol. The molecule has 1 aliphatic rings. The van der Waals surface area contributed by atoms with Gasteiger partial charge in [-0.25, -0.2) is 0 Å². The molecule has 206 valence electrons. The summed E-state index contributed by atoms with van der Waals surface area (Å²) in [6.07, 6.45) is 0.0477. The van der Waals surface area contributed by atoms with Crippen molar-refractivity contribution in [1.82, 2.24) is 9.88 Å². The lowest BCUT2D eigenvalue weighted by atomic mass is 9.84. The molecule has 2 heterocycles. The number of piperazine rings is 1. The van der Waals surface area contributed by atoms with Gasteiger partial charge in [0.15, 0.2) is 0 Å². The van der Waals surface area contributed by atoms with Crippen molar-refractivity contribution >= 4 is 28.2 Å². The number of fused-ring (bicyclic) bond motifs is 1. The average Bonchev–Trinajstić information content (AvgIpc) is 3.23. The Morgan fingerprint density at radius 1 is 1.05 bits per heavy atom. The van der Waals surface area contributed by atoms with Crippen LogP contribution in [0.25, 0.3) is 10.9 Å². The van der Waals surface area contributed by atoms with Gasteiger partial charge in [-0.2, -0.15) is 13.2 Å². The molecule has 1 fully saturated rings. The predicted octanol–water partition coefficient (Wildman–Crippen LogP) is 6.95. The van der Waals surface area contributed by atoms with Crippen LogP contribution in [0, 0.1) is 11.3 Å². The highest BCUT2D eigenvalue weighted by atomic mass is 19.4. The summed E-state index contributed by atoms with van der Waals surface area (Å²) >= 11 is 0. The van der Waals surface area contributed by atoms with Crippen LogP contribution in [0.4, 0.5) is 24.5 Å². The molecule has 0 radical (unpaired) electrons. The van der Waals surface area contributed by atoms with Gasteiger partial charge < -0.3 is 15.2 Å². The van der Waals surface area contributed by atoms with E-state index in [4.69, 9.17) is 0 Å². The van der Waals surface area contributed by atoms with E-state index in [1.165, 1.54) is 17.7 Å². The number of rotatable bonds is 8. The van der Waals surface area contributed by atoms with E-state index in [0.29, 0.717) is 31.1 Å². The van der Waals surface area contributed by atoms with E-state index in [-0.39, 0.29) is 11.3 Å². The van der Waals surface area contributed by atoms with Crippen LogP contribution >= 0.6 is 0 Å². The summed E-state index contributed by atoms with van der Waals surface area (Å²) in [5, 5.41) is 4.17. The minimum absolute atomic E-state index is 0.0387. The van der Waals surface area contributed by atoms with Crippen LogP contribution in [-0.2, 0) is 17.4 Å². The number of H-pyrrole nitrogens is 1. The van der Waals surface area contributed by atoms with E-state index in [1.807, 2.05) is 29.3 Å². The number of amides is 1. The molecule has 0 unspecified atom stereocenters. The van der Waals surface area contributed by atoms with Crippen LogP contribution in [0.1, 0.15) is 51.7 Å². The van der Waals surface area contributed by atoms with Gasteiger partial charge in [0.25, 0.3) is 0 Å². The summed E-state index contributed by atoms with van der Waals surface area (Å²) in [7, 11) is 0. The highest BCUT2D eigenvalue weighted by Gasteiger charge is 2.31. The number of carbonyl (C=O) groups is 1. The number of anilines is 2. The highest BCUT2D eigenvalue weighted by molar-refractivity contribution is 5.94. The number of nitrogens with one attached hydrogen (secondary N) is 2. The van der Waals surface area contributed by atoms with Gasteiger partial charge >= 0.3 is 6.18 Å². The molecule has 3 aromatic rings.